The molecule has 1 aromatic carbocycles. The second-order valence-corrected chi connectivity index (χ2v) is 6.07. The molecular weight excluding hydrogens is 256 g/mol. The number of nitriles is 1. The van der Waals surface area contributed by atoms with E-state index in [1.165, 1.54) is 10.5 Å². The third-order valence-electron chi connectivity index (χ3n) is 3.33. The molecule has 0 fully saturated rings. The zero-order valence-corrected chi connectivity index (χ0v) is 12.1. The normalized spacial score (nSPS) is 18.5. The van der Waals surface area contributed by atoms with E-state index in [1.54, 1.807) is 16.7 Å². The molecule has 1 aromatic rings. The molecule has 19 heavy (non-hydrogen) atoms. The Morgan fingerprint density at radius 1 is 1.58 bits per heavy atom. The van der Waals surface area contributed by atoms with E-state index in [-0.39, 0.29) is 17.1 Å². The molecule has 0 radical (unpaired) electrons. The molecule has 2 unspecified atom stereocenters. The van der Waals surface area contributed by atoms with Crippen molar-refractivity contribution in [2.45, 2.75) is 30.4 Å². The molecule has 100 valence electrons. The summed E-state index contributed by atoms with van der Waals surface area (Å²) in [5.74, 6) is 0.0449. The summed E-state index contributed by atoms with van der Waals surface area (Å²) in [6, 6.07) is 10.4. The highest BCUT2D eigenvalue weighted by Crippen LogP contribution is 2.37. The van der Waals surface area contributed by atoms with Crippen LogP contribution in [0.2, 0.25) is 0 Å². The first-order valence-corrected chi connectivity index (χ1v) is 7.46. The minimum absolute atomic E-state index is 0.0248. The van der Waals surface area contributed by atoms with Crippen molar-refractivity contribution in [1.29, 1.82) is 5.26 Å². The smallest absolute Gasteiger partial charge is 0.236 e. The van der Waals surface area contributed by atoms with Gasteiger partial charge in [0.2, 0.25) is 5.91 Å². The van der Waals surface area contributed by atoms with E-state index >= 15 is 0 Å². The van der Waals surface area contributed by atoms with E-state index in [4.69, 9.17) is 5.26 Å². The number of hydrogen-bond donors (Lipinski definition) is 0. The summed E-state index contributed by atoms with van der Waals surface area (Å²) in [5, 5.41) is 8.85. The average Bonchev–Trinajstić information content (AvgIpc) is 2.87. The summed E-state index contributed by atoms with van der Waals surface area (Å²) >= 11 is 1.65. The summed E-state index contributed by atoms with van der Waals surface area (Å²) < 4.78 is 0. The predicted octanol–water partition coefficient (Wildman–Crippen LogP) is 2.71. The molecular formula is C15H18N2OS. The highest BCUT2D eigenvalue weighted by atomic mass is 32.2. The average molecular weight is 274 g/mol. The molecule has 0 aliphatic carbocycles. The maximum Gasteiger partial charge on any atom is 0.236 e. The Bertz CT molecular complexity index is 484. The molecule has 1 aliphatic rings. The van der Waals surface area contributed by atoms with E-state index in [1.807, 2.05) is 26.0 Å². The van der Waals surface area contributed by atoms with Crippen LogP contribution in [0.5, 0.6) is 0 Å². The number of fused-ring (bicyclic) bond motifs is 1. The van der Waals surface area contributed by atoms with Crippen molar-refractivity contribution in [1.82, 2.24) is 4.90 Å². The van der Waals surface area contributed by atoms with Crippen molar-refractivity contribution in [3.63, 3.8) is 0 Å². The third-order valence-corrected chi connectivity index (χ3v) is 4.64. The van der Waals surface area contributed by atoms with Gasteiger partial charge in [-0.05, 0) is 31.9 Å². The van der Waals surface area contributed by atoms with Crippen LogP contribution in [0.1, 0.15) is 19.4 Å². The van der Waals surface area contributed by atoms with E-state index in [0.717, 1.165) is 6.42 Å². The van der Waals surface area contributed by atoms with Gasteiger partial charge in [-0.2, -0.15) is 5.26 Å². The lowest BCUT2D eigenvalue weighted by atomic mass is 10.1. The van der Waals surface area contributed by atoms with Gasteiger partial charge in [-0.1, -0.05) is 18.2 Å². The third kappa shape index (κ3) is 3.10. The van der Waals surface area contributed by atoms with Gasteiger partial charge in [-0.15, -0.1) is 11.8 Å². The van der Waals surface area contributed by atoms with E-state index in [2.05, 4.69) is 18.2 Å². The minimum atomic E-state index is -0.113. The lowest BCUT2D eigenvalue weighted by Crippen LogP contribution is -2.39. The van der Waals surface area contributed by atoms with Gasteiger partial charge in [-0.3, -0.25) is 4.79 Å². The highest BCUT2D eigenvalue weighted by molar-refractivity contribution is 8.01. The van der Waals surface area contributed by atoms with E-state index in [9.17, 15) is 4.79 Å². The zero-order chi connectivity index (χ0) is 13.8. The van der Waals surface area contributed by atoms with E-state index < -0.39 is 0 Å². The van der Waals surface area contributed by atoms with Crippen molar-refractivity contribution in [2.24, 2.45) is 5.92 Å². The number of thioether (sulfide) groups is 1. The molecule has 0 aromatic heterocycles. The van der Waals surface area contributed by atoms with Crippen LogP contribution in [0.25, 0.3) is 0 Å². The lowest BCUT2D eigenvalue weighted by Gasteiger charge is -2.24. The van der Waals surface area contributed by atoms with Crippen LogP contribution in [0, 0.1) is 17.2 Å². The molecule has 0 spiro atoms. The summed E-state index contributed by atoms with van der Waals surface area (Å²) in [5.41, 5.74) is 1.26. The summed E-state index contributed by atoms with van der Waals surface area (Å²) in [4.78, 5) is 15.5. The largest absolute Gasteiger partial charge is 0.341 e. The maximum atomic E-state index is 12.5. The zero-order valence-electron chi connectivity index (χ0n) is 11.3. The van der Waals surface area contributed by atoms with Gasteiger partial charge < -0.3 is 4.90 Å². The van der Waals surface area contributed by atoms with Gasteiger partial charge in [0.25, 0.3) is 0 Å². The summed E-state index contributed by atoms with van der Waals surface area (Å²) in [6.45, 7) is 5.01. The van der Waals surface area contributed by atoms with Gasteiger partial charge in [0.15, 0.2) is 0 Å². The molecule has 0 bridgehead atoms. The standard InChI is InChI=1S/C15H18N2OS/c1-3-17(10-11(2)9-16)15(18)14-8-12-6-4-5-7-13(12)19-14/h4-7,11,14H,3,8,10H2,1-2H3. The molecule has 2 rings (SSSR count). The number of benzene rings is 1. The number of amides is 1. The van der Waals surface area contributed by atoms with Crippen LogP contribution in [-0.2, 0) is 11.2 Å². The van der Waals surface area contributed by atoms with Crippen LogP contribution in [0.15, 0.2) is 29.2 Å². The molecule has 0 N–H and O–H groups in total. The SMILES string of the molecule is CCN(CC(C)C#N)C(=O)C1Cc2ccccc2S1. The number of carbonyl (C=O) groups is 1. The van der Waals surface area contributed by atoms with Gasteiger partial charge in [0.05, 0.1) is 17.2 Å². The van der Waals surface area contributed by atoms with Gasteiger partial charge in [0.1, 0.15) is 0 Å². The Balaban J connectivity index is 2.03. The lowest BCUT2D eigenvalue weighted by molar-refractivity contribution is -0.130. The van der Waals surface area contributed by atoms with Crippen LogP contribution in [0.4, 0.5) is 0 Å². The van der Waals surface area contributed by atoms with Gasteiger partial charge >= 0.3 is 0 Å². The second kappa shape index (κ2) is 6.12. The van der Waals surface area contributed by atoms with Crippen LogP contribution in [0.3, 0.4) is 0 Å². The number of hydrogen-bond acceptors (Lipinski definition) is 3. The molecule has 1 amide bonds. The quantitative estimate of drug-likeness (QED) is 0.848. The van der Waals surface area contributed by atoms with Crippen molar-refractivity contribution < 1.29 is 4.79 Å². The second-order valence-electron chi connectivity index (χ2n) is 4.83. The van der Waals surface area contributed by atoms with Crippen molar-refractivity contribution in [3.05, 3.63) is 29.8 Å². The first kappa shape index (κ1) is 14.0. The Morgan fingerprint density at radius 3 is 2.95 bits per heavy atom. The van der Waals surface area contributed by atoms with Crippen LogP contribution >= 0.6 is 11.8 Å². The molecule has 1 heterocycles. The molecule has 3 nitrogen and oxygen atoms in total. The Morgan fingerprint density at radius 2 is 2.32 bits per heavy atom. The fourth-order valence-corrected chi connectivity index (χ4v) is 3.55. The predicted molar refractivity (Wildman–Crippen MR) is 76.8 cm³/mol. The molecule has 0 saturated heterocycles. The van der Waals surface area contributed by atoms with Gasteiger partial charge in [-0.25, -0.2) is 0 Å². The molecule has 4 heteroatoms. The summed E-state index contributed by atoms with van der Waals surface area (Å²) in [7, 11) is 0. The van der Waals surface area contributed by atoms with Crippen LogP contribution < -0.4 is 0 Å². The van der Waals surface area contributed by atoms with Crippen LogP contribution in [-0.4, -0.2) is 29.1 Å². The first-order valence-electron chi connectivity index (χ1n) is 6.58. The topological polar surface area (TPSA) is 44.1 Å². The molecule has 1 aliphatic heterocycles. The fraction of sp³-hybridized carbons (Fsp3) is 0.467. The highest BCUT2D eigenvalue weighted by Gasteiger charge is 2.31. The molecule has 0 saturated carbocycles. The van der Waals surface area contributed by atoms with E-state index in [0.29, 0.717) is 13.1 Å². The van der Waals surface area contributed by atoms with Crippen molar-refractivity contribution in [3.8, 4) is 6.07 Å². The number of nitrogens with zero attached hydrogens (tertiary/aromatic N) is 2. The Labute approximate surface area is 118 Å². The van der Waals surface area contributed by atoms with Crippen molar-refractivity contribution >= 4 is 17.7 Å². The monoisotopic (exact) mass is 274 g/mol. The fourth-order valence-electron chi connectivity index (χ4n) is 2.27. The minimum Gasteiger partial charge on any atom is -0.341 e. The number of carbonyl (C=O) groups excluding carboxylic acids is 1. The number of rotatable bonds is 4. The first-order chi connectivity index (χ1) is 9.15. The molecule has 2 atom stereocenters. The van der Waals surface area contributed by atoms with Crippen molar-refractivity contribution in [2.75, 3.05) is 13.1 Å². The maximum absolute atomic E-state index is 12.5. The summed E-state index contributed by atoms with van der Waals surface area (Å²) in [6.07, 6.45) is 0.803. The van der Waals surface area contributed by atoms with Gasteiger partial charge in [0, 0.05) is 18.0 Å². The Hall–Kier alpha value is -1.47. The Kier molecular flexibility index (Phi) is 4.49.